The maximum Gasteiger partial charge on any atom is 0.363 e. The van der Waals surface area contributed by atoms with Crippen molar-refractivity contribution in [3.8, 4) is 5.75 Å². The molecule has 1 aromatic rings. The number of rotatable bonds is 4. The number of fused-ring (bicyclic) bond motifs is 1. The zero-order chi connectivity index (χ0) is 17.5. The second kappa shape index (κ2) is 6.05. The Labute approximate surface area is 140 Å². The second-order valence-corrected chi connectivity index (χ2v) is 6.75. The largest absolute Gasteiger partial charge is 0.508 e. The first-order valence-electron chi connectivity index (χ1n) is 7.97. The van der Waals surface area contributed by atoms with E-state index < -0.39 is 23.7 Å². The summed E-state index contributed by atoms with van der Waals surface area (Å²) in [5, 5.41) is 39.5. The molecule has 3 rings (SSSR count). The average molecular weight is 332 g/mol. The SMILES string of the molecule is CC1(O)CC(O)C2=CC[NH+](C(Cc3ccc(O)cc3)C(=O)O)C=C21. The predicted molar refractivity (Wildman–Crippen MR) is 86.5 cm³/mol. The van der Waals surface area contributed by atoms with Crippen molar-refractivity contribution < 1.29 is 30.1 Å². The normalized spacial score (nSPS) is 30.3. The number of phenolic OH excluding ortho intramolecular Hbond substituents is 1. The molecule has 0 spiro atoms. The van der Waals surface area contributed by atoms with Gasteiger partial charge in [-0.2, -0.15) is 0 Å². The van der Waals surface area contributed by atoms with Gasteiger partial charge in [0, 0.05) is 18.4 Å². The minimum Gasteiger partial charge on any atom is -0.508 e. The average Bonchev–Trinajstić information content (AvgIpc) is 2.75. The smallest absolute Gasteiger partial charge is 0.363 e. The summed E-state index contributed by atoms with van der Waals surface area (Å²) in [5.41, 5.74) is 1.00. The van der Waals surface area contributed by atoms with Gasteiger partial charge in [0.05, 0.1) is 11.7 Å². The van der Waals surface area contributed by atoms with Gasteiger partial charge in [0.25, 0.3) is 0 Å². The van der Waals surface area contributed by atoms with Crippen molar-refractivity contribution in [3.05, 3.63) is 53.3 Å². The van der Waals surface area contributed by atoms with Crippen LogP contribution in [0.1, 0.15) is 18.9 Å². The lowest BCUT2D eigenvalue weighted by atomic mass is 9.95. The zero-order valence-electron chi connectivity index (χ0n) is 13.4. The van der Waals surface area contributed by atoms with E-state index in [0.717, 1.165) is 5.56 Å². The second-order valence-electron chi connectivity index (χ2n) is 6.75. The van der Waals surface area contributed by atoms with Gasteiger partial charge < -0.3 is 20.4 Å². The lowest BCUT2D eigenvalue weighted by Gasteiger charge is -2.27. The number of aliphatic carboxylic acids is 1. The van der Waals surface area contributed by atoms with Crippen molar-refractivity contribution in [2.45, 2.75) is 37.5 Å². The van der Waals surface area contributed by atoms with Crippen LogP contribution in [-0.4, -0.2) is 50.7 Å². The molecule has 0 saturated heterocycles. The van der Waals surface area contributed by atoms with E-state index in [2.05, 4.69) is 0 Å². The van der Waals surface area contributed by atoms with Gasteiger partial charge in [0.2, 0.25) is 0 Å². The van der Waals surface area contributed by atoms with Gasteiger partial charge in [-0.15, -0.1) is 0 Å². The number of hydrogen-bond donors (Lipinski definition) is 5. The van der Waals surface area contributed by atoms with Crippen LogP contribution < -0.4 is 4.90 Å². The van der Waals surface area contributed by atoms with Crippen molar-refractivity contribution in [1.82, 2.24) is 0 Å². The number of phenols is 1. The van der Waals surface area contributed by atoms with Gasteiger partial charge in [-0.05, 0) is 36.3 Å². The molecule has 6 nitrogen and oxygen atoms in total. The zero-order valence-corrected chi connectivity index (χ0v) is 13.4. The predicted octanol–water partition coefficient (Wildman–Crippen LogP) is -0.388. The molecule has 0 bridgehead atoms. The molecule has 1 aliphatic carbocycles. The van der Waals surface area contributed by atoms with Crippen molar-refractivity contribution >= 4 is 5.97 Å². The molecular weight excluding hydrogens is 310 g/mol. The van der Waals surface area contributed by atoms with Crippen LogP contribution in [0.2, 0.25) is 0 Å². The summed E-state index contributed by atoms with van der Waals surface area (Å²) in [6, 6.07) is 5.77. The van der Waals surface area contributed by atoms with Crippen LogP contribution >= 0.6 is 0 Å². The quantitative estimate of drug-likeness (QED) is 0.517. The minimum atomic E-state index is -1.14. The fourth-order valence-electron chi connectivity index (χ4n) is 3.53. The molecule has 1 fully saturated rings. The van der Waals surface area contributed by atoms with Crippen molar-refractivity contribution in [2.24, 2.45) is 0 Å². The van der Waals surface area contributed by atoms with Crippen LogP contribution in [0.15, 0.2) is 47.7 Å². The number of aromatic hydroxyl groups is 1. The number of aliphatic hydroxyl groups is 2. The van der Waals surface area contributed by atoms with Gasteiger partial charge in [0.1, 0.15) is 18.5 Å². The lowest BCUT2D eigenvalue weighted by molar-refractivity contribution is -0.860. The Kier molecular flexibility index (Phi) is 4.21. The summed E-state index contributed by atoms with van der Waals surface area (Å²) in [4.78, 5) is 12.5. The van der Waals surface area contributed by atoms with Gasteiger partial charge in [0.15, 0.2) is 6.04 Å². The van der Waals surface area contributed by atoms with Crippen LogP contribution in [0.4, 0.5) is 0 Å². The number of nitrogens with one attached hydrogen (secondary N) is 1. The summed E-state index contributed by atoms with van der Waals surface area (Å²) in [6.07, 6.45) is 3.40. The Balaban J connectivity index is 1.85. The molecule has 2 aliphatic rings. The topological polar surface area (TPSA) is 102 Å². The maximum atomic E-state index is 11.8. The molecule has 4 unspecified atom stereocenters. The third-order valence-electron chi connectivity index (χ3n) is 4.85. The Morgan fingerprint density at radius 2 is 2.04 bits per heavy atom. The number of carboxylic acid groups (broad SMARTS) is 1. The molecule has 1 heterocycles. The molecule has 4 atom stereocenters. The summed E-state index contributed by atoms with van der Waals surface area (Å²) in [7, 11) is 0. The standard InChI is InChI=1S/C18H21NO5/c1-18(24)9-16(21)13-6-7-19(10-14(13)18)15(17(22)23)8-11-2-4-12(20)5-3-11/h2-6,10,15-16,20-21,24H,7-9H2,1H3,(H,22,23)/p+1. The summed E-state index contributed by atoms with van der Waals surface area (Å²) in [5.74, 6) is -0.786. The molecule has 1 saturated carbocycles. The Morgan fingerprint density at radius 3 is 2.67 bits per heavy atom. The molecule has 24 heavy (non-hydrogen) atoms. The Morgan fingerprint density at radius 1 is 1.38 bits per heavy atom. The fourth-order valence-corrected chi connectivity index (χ4v) is 3.53. The van der Waals surface area contributed by atoms with Crippen molar-refractivity contribution in [2.75, 3.05) is 6.54 Å². The summed E-state index contributed by atoms with van der Waals surface area (Å²) in [6.45, 7) is 2.09. The molecule has 0 amide bonds. The van der Waals surface area contributed by atoms with E-state index in [1.807, 2.05) is 6.08 Å². The first-order valence-corrected chi connectivity index (χ1v) is 7.97. The lowest BCUT2D eigenvalue weighted by Crippen LogP contribution is -3.13. The van der Waals surface area contributed by atoms with Crippen LogP contribution in [0.3, 0.4) is 0 Å². The van der Waals surface area contributed by atoms with E-state index in [1.165, 1.54) is 12.1 Å². The van der Waals surface area contributed by atoms with Gasteiger partial charge in [-0.3, -0.25) is 4.90 Å². The third kappa shape index (κ3) is 3.08. The third-order valence-corrected chi connectivity index (χ3v) is 4.85. The van der Waals surface area contributed by atoms with E-state index >= 15 is 0 Å². The van der Waals surface area contributed by atoms with E-state index in [1.54, 1.807) is 25.3 Å². The first kappa shape index (κ1) is 16.7. The first-order chi connectivity index (χ1) is 11.3. The van der Waals surface area contributed by atoms with Crippen LogP contribution in [0.5, 0.6) is 5.75 Å². The highest BCUT2D eigenvalue weighted by molar-refractivity contribution is 5.72. The highest BCUT2D eigenvalue weighted by Crippen LogP contribution is 2.39. The molecule has 5 N–H and O–H groups in total. The fraction of sp³-hybridized carbons (Fsp3) is 0.389. The van der Waals surface area contributed by atoms with E-state index in [-0.39, 0.29) is 12.2 Å². The van der Waals surface area contributed by atoms with E-state index in [4.69, 9.17) is 0 Å². The molecule has 0 radical (unpaired) electrons. The van der Waals surface area contributed by atoms with Crippen molar-refractivity contribution in [3.63, 3.8) is 0 Å². The van der Waals surface area contributed by atoms with E-state index in [0.29, 0.717) is 29.0 Å². The molecular formula is C18H22NO5+. The Hall–Kier alpha value is -2.15. The van der Waals surface area contributed by atoms with Gasteiger partial charge in [-0.1, -0.05) is 12.1 Å². The van der Waals surface area contributed by atoms with Gasteiger partial charge >= 0.3 is 5.97 Å². The number of quaternary nitrogens is 1. The maximum absolute atomic E-state index is 11.8. The van der Waals surface area contributed by atoms with Gasteiger partial charge in [-0.25, -0.2) is 4.79 Å². The minimum absolute atomic E-state index is 0.140. The highest BCUT2D eigenvalue weighted by Gasteiger charge is 2.45. The number of carboxylic acids is 1. The van der Waals surface area contributed by atoms with Crippen molar-refractivity contribution in [1.29, 1.82) is 0 Å². The van der Waals surface area contributed by atoms with Crippen LogP contribution in [0, 0.1) is 0 Å². The molecule has 0 aromatic heterocycles. The Bertz CT molecular complexity index is 705. The van der Waals surface area contributed by atoms with Crippen LogP contribution in [-0.2, 0) is 11.2 Å². The molecule has 128 valence electrons. The van der Waals surface area contributed by atoms with Crippen LogP contribution in [0.25, 0.3) is 0 Å². The number of aliphatic hydroxyl groups excluding tert-OH is 1. The number of carbonyl (C=O) groups is 1. The van der Waals surface area contributed by atoms with E-state index in [9.17, 15) is 25.2 Å². The highest BCUT2D eigenvalue weighted by atomic mass is 16.4. The number of hydrogen-bond acceptors (Lipinski definition) is 4. The summed E-state index contributed by atoms with van der Waals surface area (Å²) < 4.78 is 0. The monoisotopic (exact) mass is 332 g/mol. The summed E-state index contributed by atoms with van der Waals surface area (Å²) >= 11 is 0. The molecule has 1 aromatic carbocycles. The molecule has 6 heteroatoms. The molecule has 1 aliphatic heterocycles. The number of benzene rings is 1.